The monoisotopic (exact) mass is 334 g/mol. The molecule has 122 valence electrons. The molecule has 0 saturated carbocycles. The summed E-state index contributed by atoms with van der Waals surface area (Å²) in [7, 11) is 0. The zero-order valence-corrected chi connectivity index (χ0v) is 12.7. The van der Waals surface area contributed by atoms with Gasteiger partial charge in [0.2, 0.25) is 0 Å². The first-order valence-electron chi connectivity index (χ1n) is 7.28. The summed E-state index contributed by atoms with van der Waals surface area (Å²) in [6.45, 7) is 0. The normalized spacial score (nSPS) is 10.9. The Morgan fingerprint density at radius 3 is 2.56 bits per heavy atom. The molecule has 0 spiro atoms. The number of hydrogen-bond donors (Lipinski definition) is 0. The van der Waals surface area contributed by atoms with Crippen LogP contribution in [0.5, 0.6) is 0 Å². The molecular formula is C16H10N6O3. The van der Waals surface area contributed by atoms with E-state index >= 15 is 0 Å². The van der Waals surface area contributed by atoms with Gasteiger partial charge in [-0.15, -0.1) is 15.3 Å². The molecule has 3 aromatic heterocycles. The van der Waals surface area contributed by atoms with Crippen LogP contribution < -0.4 is 5.43 Å². The molecular weight excluding hydrogens is 324 g/mol. The van der Waals surface area contributed by atoms with Gasteiger partial charge in [-0.05, 0) is 12.1 Å². The predicted molar refractivity (Wildman–Crippen MR) is 88.5 cm³/mol. The van der Waals surface area contributed by atoms with E-state index in [0.717, 1.165) is 17.8 Å². The van der Waals surface area contributed by atoms with E-state index in [-0.39, 0.29) is 0 Å². The third-order valence-corrected chi connectivity index (χ3v) is 3.64. The number of pyridine rings is 1. The molecule has 0 saturated heterocycles. The maximum Gasteiger partial charge on any atom is 0.332 e. The van der Waals surface area contributed by atoms with E-state index in [1.54, 1.807) is 16.6 Å². The van der Waals surface area contributed by atoms with E-state index < -0.39 is 16.0 Å². The van der Waals surface area contributed by atoms with Gasteiger partial charge in [0.15, 0.2) is 17.3 Å². The van der Waals surface area contributed by atoms with Crippen LogP contribution in [0.4, 0.5) is 5.69 Å². The first-order valence-corrected chi connectivity index (χ1v) is 7.28. The number of nitro groups is 1. The number of hydrogen-bond acceptors (Lipinski definition) is 6. The van der Waals surface area contributed by atoms with Gasteiger partial charge in [-0.1, -0.05) is 30.3 Å². The standard InChI is InChI=1S/C16H10N6O3/c23-13-8-9-20(10-12(13)22(24)25)15-7-6-14-17-18-16(21(14)19-15)11-4-2-1-3-5-11/h1-10H. The minimum atomic E-state index is -0.717. The highest BCUT2D eigenvalue weighted by Gasteiger charge is 2.14. The summed E-state index contributed by atoms with van der Waals surface area (Å²) in [6.07, 6.45) is 2.57. The molecule has 0 atom stereocenters. The molecule has 4 rings (SSSR count). The fourth-order valence-electron chi connectivity index (χ4n) is 2.44. The maximum absolute atomic E-state index is 11.6. The number of rotatable bonds is 3. The van der Waals surface area contributed by atoms with Crippen LogP contribution in [0.3, 0.4) is 0 Å². The molecule has 1 aromatic carbocycles. The second-order valence-corrected chi connectivity index (χ2v) is 5.21. The van der Waals surface area contributed by atoms with Gasteiger partial charge in [-0.3, -0.25) is 14.9 Å². The van der Waals surface area contributed by atoms with Crippen LogP contribution in [0.15, 0.2) is 65.7 Å². The van der Waals surface area contributed by atoms with Crippen molar-refractivity contribution in [3.8, 4) is 17.2 Å². The van der Waals surface area contributed by atoms with Gasteiger partial charge in [-0.2, -0.15) is 4.52 Å². The van der Waals surface area contributed by atoms with E-state index in [4.69, 9.17) is 0 Å². The summed E-state index contributed by atoms with van der Waals surface area (Å²) in [6, 6.07) is 13.9. The van der Waals surface area contributed by atoms with Crippen molar-refractivity contribution in [2.45, 2.75) is 0 Å². The number of aromatic nitrogens is 5. The second-order valence-electron chi connectivity index (χ2n) is 5.21. The SMILES string of the molecule is O=c1ccn(-c2ccc3nnc(-c4ccccc4)n3n2)cc1[N+](=O)[O-]. The third-order valence-electron chi connectivity index (χ3n) is 3.64. The van der Waals surface area contributed by atoms with E-state index in [2.05, 4.69) is 15.3 Å². The average molecular weight is 334 g/mol. The summed E-state index contributed by atoms with van der Waals surface area (Å²) in [5.74, 6) is 0.945. The number of fused-ring (bicyclic) bond motifs is 1. The highest BCUT2D eigenvalue weighted by atomic mass is 16.6. The van der Waals surface area contributed by atoms with Gasteiger partial charge < -0.3 is 4.57 Å². The predicted octanol–water partition coefficient (Wildman–Crippen LogP) is 1.85. The highest BCUT2D eigenvalue weighted by Crippen LogP contribution is 2.18. The Morgan fingerprint density at radius 1 is 1.00 bits per heavy atom. The fraction of sp³-hybridized carbons (Fsp3) is 0. The van der Waals surface area contributed by atoms with Gasteiger partial charge in [0.1, 0.15) is 0 Å². The molecule has 0 radical (unpaired) electrons. The zero-order chi connectivity index (χ0) is 17.4. The molecule has 0 unspecified atom stereocenters. The number of nitrogens with zero attached hydrogens (tertiary/aromatic N) is 6. The number of benzene rings is 1. The lowest BCUT2D eigenvalue weighted by atomic mass is 10.2. The van der Waals surface area contributed by atoms with Crippen molar-refractivity contribution in [3.63, 3.8) is 0 Å². The Morgan fingerprint density at radius 2 is 1.80 bits per heavy atom. The molecule has 4 aromatic rings. The van der Waals surface area contributed by atoms with Crippen LogP contribution in [0, 0.1) is 10.1 Å². The summed E-state index contributed by atoms with van der Waals surface area (Å²) >= 11 is 0. The van der Waals surface area contributed by atoms with Crippen LogP contribution in [-0.2, 0) is 0 Å². The molecule has 0 aliphatic carbocycles. The molecule has 9 heteroatoms. The van der Waals surface area contributed by atoms with Crippen LogP contribution in [-0.4, -0.2) is 29.3 Å². The Kier molecular flexibility index (Phi) is 3.31. The van der Waals surface area contributed by atoms with Crippen molar-refractivity contribution in [3.05, 3.63) is 81.3 Å². The smallest absolute Gasteiger partial charge is 0.300 e. The lowest BCUT2D eigenvalue weighted by molar-refractivity contribution is -0.386. The Labute approximate surface area is 140 Å². The lowest BCUT2D eigenvalue weighted by Gasteiger charge is -2.06. The molecule has 0 aliphatic heterocycles. The quantitative estimate of drug-likeness (QED) is 0.418. The summed E-state index contributed by atoms with van der Waals surface area (Å²) in [4.78, 5) is 21.8. The first-order chi connectivity index (χ1) is 12.1. The van der Waals surface area contributed by atoms with Crippen LogP contribution in [0.2, 0.25) is 0 Å². The molecule has 3 heterocycles. The minimum absolute atomic E-state index is 0.396. The van der Waals surface area contributed by atoms with Crippen molar-refractivity contribution < 1.29 is 4.92 Å². The van der Waals surface area contributed by atoms with Crippen LogP contribution in [0.25, 0.3) is 22.9 Å². The zero-order valence-electron chi connectivity index (χ0n) is 12.7. The van der Waals surface area contributed by atoms with Gasteiger partial charge in [0.25, 0.3) is 5.43 Å². The van der Waals surface area contributed by atoms with Crippen LogP contribution in [0.1, 0.15) is 0 Å². The van der Waals surface area contributed by atoms with Crippen molar-refractivity contribution in [1.82, 2.24) is 24.4 Å². The molecule has 0 amide bonds. The van der Waals surface area contributed by atoms with E-state index in [1.165, 1.54) is 10.8 Å². The van der Waals surface area contributed by atoms with Gasteiger partial charge in [-0.25, -0.2) is 0 Å². The molecule has 9 nitrogen and oxygen atoms in total. The van der Waals surface area contributed by atoms with Gasteiger partial charge >= 0.3 is 5.69 Å². The topological polar surface area (TPSA) is 108 Å². The van der Waals surface area contributed by atoms with Crippen molar-refractivity contribution in [2.75, 3.05) is 0 Å². The van der Waals surface area contributed by atoms with Crippen molar-refractivity contribution >= 4 is 11.3 Å². The summed E-state index contributed by atoms with van der Waals surface area (Å²) in [5, 5.41) is 23.6. The minimum Gasteiger partial charge on any atom is -0.300 e. The first kappa shape index (κ1) is 14.7. The fourth-order valence-corrected chi connectivity index (χ4v) is 2.44. The Bertz CT molecular complexity index is 1150. The summed E-state index contributed by atoms with van der Waals surface area (Å²) in [5.41, 5.74) is 0.205. The van der Waals surface area contributed by atoms with Crippen molar-refractivity contribution in [2.24, 2.45) is 0 Å². The maximum atomic E-state index is 11.6. The largest absolute Gasteiger partial charge is 0.332 e. The molecule has 0 bridgehead atoms. The highest BCUT2D eigenvalue weighted by molar-refractivity contribution is 5.58. The van der Waals surface area contributed by atoms with Gasteiger partial charge in [0.05, 0.1) is 11.1 Å². The van der Waals surface area contributed by atoms with E-state index in [1.807, 2.05) is 30.3 Å². The molecule has 0 N–H and O–H groups in total. The molecule has 0 aliphatic rings. The Balaban J connectivity index is 1.89. The lowest BCUT2D eigenvalue weighted by Crippen LogP contribution is -2.11. The van der Waals surface area contributed by atoms with E-state index in [0.29, 0.717) is 17.3 Å². The summed E-state index contributed by atoms with van der Waals surface area (Å²) < 4.78 is 2.96. The van der Waals surface area contributed by atoms with Gasteiger partial charge in [0, 0.05) is 17.8 Å². The van der Waals surface area contributed by atoms with E-state index in [9.17, 15) is 14.9 Å². The molecule has 0 fully saturated rings. The Hall–Kier alpha value is -3.88. The average Bonchev–Trinajstić information content (AvgIpc) is 3.06. The third kappa shape index (κ3) is 2.53. The van der Waals surface area contributed by atoms with Crippen LogP contribution >= 0.6 is 0 Å². The molecule has 25 heavy (non-hydrogen) atoms. The van der Waals surface area contributed by atoms with Crippen molar-refractivity contribution in [1.29, 1.82) is 0 Å². The second kappa shape index (κ2) is 5.64.